The van der Waals surface area contributed by atoms with Crippen LogP contribution < -0.4 is 4.74 Å². The van der Waals surface area contributed by atoms with Gasteiger partial charge in [0.25, 0.3) is 11.8 Å². The van der Waals surface area contributed by atoms with E-state index in [1.165, 1.54) is 6.07 Å². The Morgan fingerprint density at radius 3 is 2.78 bits per heavy atom. The Hall–Kier alpha value is -2.38. The smallest absolute Gasteiger partial charge is 0.275 e. The van der Waals surface area contributed by atoms with Crippen molar-refractivity contribution in [2.45, 2.75) is 20.0 Å². The first-order chi connectivity index (χ1) is 12.9. The standard InChI is InChI=1S/C19H14BrClFN3O2/c1-10(2)26-12-4-5-13(16(22)8-12)18-23-19(24-27-18)25-9-15(21)14-7-11(20)3-6-17(14)25/h3-10H,1-2H3. The van der Waals surface area contributed by atoms with Gasteiger partial charge >= 0.3 is 0 Å². The fraction of sp³-hybridized carbons (Fsp3) is 0.158. The van der Waals surface area contributed by atoms with Crippen molar-refractivity contribution in [3.05, 3.63) is 57.9 Å². The molecular formula is C19H14BrClFN3O2. The van der Waals surface area contributed by atoms with Crippen LogP contribution in [0.5, 0.6) is 5.75 Å². The van der Waals surface area contributed by atoms with E-state index in [0.29, 0.717) is 10.8 Å². The second kappa shape index (κ2) is 6.98. The number of halogens is 3. The average Bonchev–Trinajstić information content (AvgIpc) is 3.20. The highest BCUT2D eigenvalue weighted by Crippen LogP contribution is 2.31. The maximum Gasteiger partial charge on any atom is 0.275 e. The van der Waals surface area contributed by atoms with Gasteiger partial charge in [0.2, 0.25) is 0 Å². The van der Waals surface area contributed by atoms with Gasteiger partial charge in [-0.05, 0) is 49.3 Å². The summed E-state index contributed by atoms with van der Waals surface area (Å²) in [5.41, 5.74) is 1.02. The zero-order chi connectivity index (χ0) is 19.1. The van der Waals surface area contributed by atoms with Crippen LogP contribution in [0.25, 0.3) is 28.3 Å². The van der Waals surface area contributed by atoms with Crippen molar-refractivity contribution in [2.24, 2.45) is 0 Å². The first-order valence-electron chi connectivity index (χ1n) is 8.19. The predicted octanol–water partition coefficient (Wildman–Crippen LogP) is 6.02. The van der Waals surface area contributed by atoms with Gasteiger partial charge in [0.15, 0.2) is 0 Å². The van der Waals surface area contributed by atoms with E-state index >= 15 is 0 Å². The molecule has 0 unspecified atom stereocenters. The quantitative estimate of drug-likeness (QED) is 0.381. The highest BCUT2D eigenvalue weighted by Gasteiger charge is 2.18. The third-order valence-electron chi connectivity index (χ3n) is 3.89. The van der Waals surface area contributed by atoms with Crippen molar-refractivity contribution in [2.75, 3.05) is 0 Å². The highest BCUT2D eigenvalue weighted by molar-refractivity contribution is 9.10. The number of benzene rings is 2. The lowest BCUT2D eigenvalue weighted by atomic mass is 10.2. The molecule has 0 atom stereocenters. The molecule has 2 heterocycles. The maximum absolute atomic E-state index is 14.5. The summed E-state index contributed by atoms with van der Waals surface area (Å²) in [6.45, 7) is 3.75. The monoisotopic (exact) mass is 449 g/mol. The van der Waals surface area contributed by atoms with Crippen molar-refractivity contribution in [3.63, 3.8) is 0 Å². The van der Waals surface area contributed by atoms with Crippen molar-refractivity contribution in [1.82, 2.24) is 14.7 Å². The molecule has 2 aromatic heterocycles. The highest BCUT2D eigenvalue weighted by atomic mass is 79.9. The van der Waals surface area contributed by atoms with Gasteiger partial charge in [0.1, 0.15) is 11.6 Å². The minimum absolute atomic E-state index is 0.0444. The second-order valence-corrected chi connectivity index (χ2v) is 7.54. The predicted molar refractivity (Wildman–Crippen MR) is 105 cm³/mol. The van der Waals surface area contributed by atoms with E-state index < -0.39 is 5.82 Å². The Labute approximate surface area is 167 Å². The summed E-state index contributed by atoms with van der Waals surface area (Å²) in [6, 6.07) is 10.2. The molecule has 4 rings (SSSR count). The third kappa shape index (κ3) is 3.44. The van der Waals surface area contributed by atoms with Crippen LogP contribution in [0.15, 0.2) is 51.6 Å². The molecule has 4 aromatic rings. The molecule has 8 heteroatoms. The summed E-state index contributed by atoms with van der Waals surface area (Å²) in [7, 11) is 0. The molecule has 0 saturated heterocycles. The van der Waals surface area contributed by atoms with Gasteiger partial charge in [-0.25, -0.2) is 4.39 Å². The average molecular weight is 451 g/mol. The number of aromatic nitrogens is 3. The molecule has 0 aliphatic rings. The van der Waals surface area contributed by atoms with Crippen molar-refractivity contribution in [3.8, 4) is 23.2 Å². The molecule has 0 aliphatic carbocycles. The zero-order valence-electron chi connectivity index (χ0n) is 14.4. The number of nitrogens with zero attached hydrogens (tertiary/aromatic N) is 3. The summed E-state index contributed by atoms with van der Waals surface area (Å²) in [4.78, 5) is 4.32. The fourth-order valence-electron chi connectivity index (χ4n) is 2.77. The minimum Gasteiger partial charge on any atom is -0.491 e. The second-order valence-electron chi connectivity index (χ2n) is 6.22. The first-order valence-corrected chi connectivity index (χ1v) is 9.36. The molecule has 0 fully saturated rings. The molecule has 27 heavy (non-hydrogen) atoms. The summed E-state index contributed by atoms with van der Waals surface area (Å²) >= 11 is 9.73. The number of rotatable bonds is 4. The Morgan fingerprint density at radius 1 is 1.22 bits per heavy atom. The number of fused-ring (bicyclic) bond motifs is 1. The summed E-state index contributed by atoms with van der Waals surface area (Å²) < 4.78 is 27.8. The zero-order valence-corrected chi connectivity index (χ0v) is 16.8. The van der Waals surface area contributed by atoms with E-state index in [9.17, 15) is 4.39 Å². The van der Waals surface area contributed by atoms with Crippen molar-refractivity contribution in [1.29, 1.82) is 0 Å². The normalized spacial score (nSPS) is 11.5. The Bertz CT molecular complexity index is 1140. The molecule has 0 saturated carbocycles. The largest absolute Gasteiger partial charge is 0.491 e. The lowest BCUT2D eigenvalue weighted by molar-refractivity contribution is 0.241. The molecule has 138 valence electrons. The Balaban J connectivity index is 1.72. The van der Waals surface area contributed by atoms with Crippen molar-refractivity contribution >= 4 is 38.4 Å². The van der Waals surface area contributed by atoms with E-state index in [2.05, 4.69) is 26.1 Å². The van der Waals surface area contributed by atoms with Crippen LogP contribution in [0.1, 0.15) is 13.8 Å². The Morgan fingerprint density at radius 2 is 2.04 bits per heavy atom. The summed E-state index contributed by atoms with van der Waals surface area (Å²) in [5.74, 6) is 0.294. The van der Waals surface area contributed by atoms with Gasteiger partial charge in [0, 0.05) is 22.1 Å². The van der Waals surface area contributed by atoms with Gasteiger partial charge in [-0.15, -0.1) is 0 Å². The molecule has 2 aromatic carbocycles. The lowest BCUT2D eigenvalue weighted by Gasteiger charge is -2.09. The van der Waals surface area contributed by atoms with Gasteiger partial charge in [-0.2, -0.15) is 4.98 Å². The number of ether oxygens (including phenoxy) is 1. The number of hydrogen-bond acceptors (Lipinski definition) is 4. The summed E-state index contributed by atoms with van der Waals surface area (Å²) in [6.07, 6.45) is 1.65. The topological polar surface area (TPSA) is 53.1 Å². The molecular weight excluding hydrogens is 437 g/mol. The van der Waals surface area contributed by atoms with Crippen LogP contribution in [-0.4, -0.2) is 20.8 Å². The van der Waals surface area contributed by atoms with Crippen LogP contribution in [0.4, 0.5) is 4.39 Å². The fourth-order valence-corrected chi connectivity index (χ4v) is 3.38. The molecule has 0 aliphatic heterocycles. The van der Waals surface area contributed by atoms with Crippen molar-refractivity contribution < 1.29 is 13.7 Å². The van der Waals surface area contributed by atoms with E-state index in [1.54, 1.807) is 22.9 Å². The van der Waals surface area contributed by atoms with Gasteiger partial charge in [-0.1, -0.05) is 27.5 Å². The lowest BCUT2D eigenvalue weighted by Crippen LogP contribution is -2.05. The van der Waals surface area contributed by atoms with Gasteiger partial charge in [0.05, 0.1) is 22.2 Å². The van der Waals surface area contributed by atoms with E-state index in [-0.39, 0.29) is 23.5 Å². The molecule has 5 nitrogen and oxygen atoms in total. The van der Waals surface area contributed by atoms with Crippen LogP contribution in [0.3, 0.4) is 0 Å². The molecule has 0 spiro atoms. The van der Waals surface area contributed by atoms with Crippen LogP contribution in [0.2, 0.25) is 5.02 Å². The Kier molecular flexibility index (Phi) is 4.65. The van der Waals surface area contributed by atoms with Gasteiger partial charge in [-0.3, -0.25) is 4.57 Å². The van der Waals surface area contributed by atoms with E-state index in [4.69, 9.17) is 20.9 Å². The molecule has 0 bridgehead atoms. The van der Waals surface area contributed by atoms with E-state index in [0.717, 1.165) is 15.4 Å². The molecule has 0 N–H and O–H groups in total. The minimum atomic E-state index is -0.498. The molecule has 0 amide bonds. The van der Waals surface area contributed by atoms with Gasteiger partial charge < -0.3 is 9.26 Å². The SMILES string of the molecule is CC(C)Oc1ccc(-c2nc(-n3cc(Cl)c4cc(Br)ccc43)no2)c(F)c1. The molecule has 0 radical (unpaired) electrons. The van der Waals surface area contributed by atoms with Crippen LogP contribution >= 0.6 is 27.5 Å². The third-order valence-corrected chi connectivity index (χ3v) is 4.69. The van der Waals surface area contributed by atoms with E-state index in [1.807, 2.05) is 32.0 Å². The van der Waals surface area contributed by atoms with Crippen LogP contribution in [-0.2, 0) is 0 Å². The van der Waals surface area contributed by atoms with Crippen LogP contribution in [0, 0.1) is 5.82 Å². The first kappa shape index (κ1) is 18.0. The maximum atomic E-state index is 14.5. The number of hydrogen-bond donors (Lipinski definition) is 0. The summed E-state index contributed by atoms with van der Waals surface area (Å²) in [5, 5.41) is 5.37.